The molecule has 0 spiro atoms. The molecule has 4 rings (SSSR count). The smallest absolute Gasteiger partial charge is 0.407 e. The number of aromatic amines is 1. The molecule has 3 aromatic rings. The largest absolute Gasteiger partial charge is 0.458 e. The number of pyridine rings is 1. The molecular weight excluding hydrogens is 529 g/mol. The number of ether oxygens (including phenoxy) is 2. The zero-order valence-corrected chi connectivity index (χ0v) is 22.3. The Labute approximate surface area is 228 Å². The molecule has 1 aliphatic rings. The normalized spacial score (nSPS) is 19.6. The van der Waals surface area contributed by atoms with Crippen LogP contribution in [0.15, 0.2) is 41.3 Å². The summed E-state index contributed by atoms with van der Waals surface area (Å²) in [5.41, 5.74) is 5.00. The maximum Gasteiger partial charge on any atom is 0.407 e. The van der Waals surface area contributed by atoms with Crippen molar-refractivity contribution < 1.29 is 27.4 Å². The van der Waals surface area contributed by atoms with Crippen LogP contribution in [0.2, 0.25) is 0 Å². The van der Waals surface area contributed by atoms with Crippen molar-refractivity contribution in [3.63, 3.8) is 0 Å². The molecule has 0 bridgehead atoms. The first kappa shape index (κ1) is 29.1. The zero-order chi connectivity index (χ0) is 29.2. The highest BCUT2D eigenvalue weighted by atomic mass is 19.4. The van der Waals surface area contributed by atoms with Gasteiger partial charge < -0.3 is 25.5 Å². The van der Waals surface area contributed by atoms with Gasteiger partial charge in [0.05, 0.1) is 30.7 Å². The number of rotatable bonds is 7. The fourth-order valence-electron chi connectivity index (χ4n) is 4.59. The first-order valence-electron chi connectivity index (χ1n) is 12.8. The van der Waals surface area contributed by atoms with Gasteiger partial charge in [-0.2, -0.15) is 23.5 Å². The second kappa shape index (κ2) is 11.3. The number of fused-ring (bicyclic) bond motifs is 1. The Balaban J connectivity index is 1.51. The van der Waals surface area contributed by atoms with E-state index in [0.29, 0.717) is 24.0 Å². The minimum absolute atomic E-state index is 0.105. The highest BCUT2D eigenvalue weighted by Gasteiger charge is 2.38. The molecule has 0 amide bonds. The van der Waals surface area contributed by atoms with Crippen molar-refractivity contribution in [2.45, 2.75) is 64.1 Å². The number of hydrogen-bond acceptors (Lipinski definition) is 8. The summed E-state index contributed by atoms with van der Waals surface area (Å²) in [6.07, 6.45) is -2.81. The van der Waals surface area contributed by atoms with Crippen LogP contribution in [0.1, 0.15) is 45.2 Å². The van der Waals surface area contributed by atoms with Gasteiger partial charge in [-0.25, -0.2) is 4.79 Å². The van der Waals surface area contributed by atoms with Gasteiger partial charge in [0.25, 0.3) is 5.56 Å². The van der Waals surface area contributed by atoms with Gasteiger partial charge in [-0.1, -0.05) is 12.1 Å². The third-order valence-electron chi connectivity index (χ3n) is 6.64. The summed E-state index contributed by atoms with van der Waals surface area (Å²) in [4.78, 5) is 27.6. The SMILES string of the molecule is CC(C)(C)OC(=O)C1CC[C@H](C(C#N)Cn2nc(Nc3ccc([C@H](N)C(F)(F)F)cc3)c3c(=O)[nH]ccc32)CO1. The molecule has 0 aliphatic carbocycles. The molecule has 1 saturated heterocycles. The Kier molecular flexibility index (Phi) is 8.23. The summed E-state index contributed by atoms with van der Waals surface area (Å²) in [6, 6.07) is 7.19. The van der Waals surface area contributed by atoms with Crippen LogP contribution in [0, 0.1) is 23.2 Å². The molecule has 214 valence electrons. The lowest BCUT2D eigenvalue weighted by Crippen LogP contribution is -2.39. The summed E-state index contributed by atoms with van der Waals surface area (Å²) >= 11 is 0. The van der Waals surface area contributed by atoms with Crippen LogP contribution in [0.3, 0.4) is 0 Å². The lowest BCUT2D eigenvalue weighted by molar-refractivity contribution is -0.173. The molecule has 0 radical (unpaired) electrons. The van der Waals surface area contributed by atoms with Crippen LogP contribution in [0.5, 0.6) is 0 Å². The van der Waals surface area contributed by atoms with E-state index in [9.17, 15) is 28.0 Å². The number of H-pyrrole nitrogens is 1. The Hall–Kier alpha value is -3.89. The number of nitrogens with two attached hydrogens (primary N) is 1. The van der Waals surface area contributed by atoms with Crippen LogP contribution in [-0.4, -0.2) is 45.2 Å². The number of carbonyl (C=O) groups is 1. The number of esters is 1. The number of anilines is 2. The van der Waals surface area contributed by atoms with Crippen molar-refractivity contribution in [2.75, 3.05) is 11.9 Å². The van der Waals surface area contributed by atoms with E-state index in [0.717, 1.165) is 0 Å². The predicted molar refractivity (Wildman–Crippen MR) is 140 cm³/mol. The van der Waals surface area contributed by atoms with Gasteiger partial charge in [-0.3, -0.25) is 9.48 Å². The third kappa shape index (κ3) is 6.63. The molecule has 40 heavy (non-hydrogen) atoms. The van der Waals surface area contributed by atoms with Gasteiger partial charge in [0, 0.05) is 17.8 Å². The summed E-state index contributed by atoms with van der Waals surface area (Å²) in [6.45, 7) is 5.69. The maximum atomic E-state index is 12.9. The van der Waals surface area contributed by atoms with E-state index in [1.54, 1.807) is 31.5 Å². The fourth-order valence-corrected chi connectivity index (χ4v) is 4.59. The van der Waals surface area contributed by atoms with E-state index >= 15 is 0 Å². The zero-order valence-electron chi connectivity index (χ0n) is 22.3. The lowest BCUT2D eigenvalue weighted by atomic mass is 9.87. The van der Waals surface area contributed by atoms with Crippen molar-refractivity contribution in [3.8, 4) is 6.07 Å². The van der Waals surface area contributed by atoms with Crippen molar-refractivity contribution in [1.82, 2.24) is 14.8 Å². The molecule has 2 unspecified atom stereocenters. The van der Waals surface area contributed by atoms with Crippen molar-refractivity contribution in [3.05, 3.63) is 52.4 Å². The second-order valence-electron chi connectivity index (χ2n) is 10.8. The van der Waals surface area contributed by atoms with Crippen LogP contribution >= 0.6 is 0 Å². The molecule has 3 heterocycles. The number of alkyl halides is 3. The highest BCUT2D eigenvalue weighted by molar-refractivity contribution is 5.91. The van der Waals surface area contributed by atoms with Crippen LogP contribution in [0.25, 0.3) is 10.9 Å². The van der Waals surface area contributed by atoms with Crippen molar-refractivity contribution >= 4 is 28.4 Å². The van der Waals surface area contributed by atoms with Crippen molar-refractivity contribution in [1.29, 1.82) is 5.26 Å². The molecule has 1 fully saturated rings. The van der Waals surface area contributed by atoms with Gasteiger partial charge in [-0.05, 0) is 57.4 Å². The first-order chi connectivity index (χ1) is 18.8. The average Bonchev–Trinajstić information content (AvgIpc) is 3.24. The molecular formula is C27H31F3N6O4. The van der Waals surface area contributed by atoms with E-state index in [4.69, 9.17) is 15.2 Å². The van der Waals surface area contributed by atoms with E-state index in [1.165, 1.54) is 30.5 Å². The maximum absolute atomic E-state index is 12.9. The topological polar surface area (TPSA) is 148 Å². The standard InChI is InChI=1S/C27H31F3N6O4/c1-26(2,3)40-25(38)20-9-6-16(14-39-20)17(12-31)13-36-19-10-11-33-24(37)21(19)23(35-36)34-18-7-4-15(5-8-18)22(32)27(28,29)30/h4-5,7-8,10-11,16-17,20,22H,6,9,13-14,32H2,1-3H3,(H,33,37)(H,34,35)/t16-,17?,20?,22-/m0/s1. The van der Waals surface area contributed by atoms with Crippen LogP contribution in [-0.2, 0) is 20.8 Å². The molecule has 4 N–H and O–H groups in total. The minimum Gasteiger partial charge on any atom is -0.458 e. The fraction of sp³-hybridized carbons (Fsp3) is 0.481. The van der Waals surface area contributed by atoms with E-state index < -0.39 is 41.4 Å². The Morgan fingerprint density at radius 2 is 1.98 bits per heavy atom. The minimum atomic E-state index is -4.57. The van der Waals surface area contributed by atoms with Crippen molar-refractivity contribution in [2.24, 2.45) is 17.6 Å². The van der Waals surface area contributed by atoms with E-state index in [2.05, 4.69) is 21.5 Å². The molecule has 4 atom stereocenters. The molecule has 2 aromatic heterocycles. The number of nitriles is 1. The highest BCUT2D eigenvalue weighted by Crippen LogP contribution is 2.32. The number of nitrogens with zero attached hydrogens (tertiary/aromatic N) is 3. The molecule has 10 nitrogen and oxygen atoms in total. The Bertz CT molecular complexity index is 1440. The number of nitrogens with one attached hydrogen (secondary N) is 2. The number of benzene rings is 1. The average molecular weight is 561 g/mol. The Morgan fingerprint density at radius 1 is 1.27 bits per heavy atom. The summed E-state index contributed by atoms with van der Waals surface area (Å²) in [5.74, 6) is -0.947. The van der Waals surface area contributed by atoms with E-state index in [1.807, 2.05) is 0 Å². The summed E-state index contributed by atoms with van der Waals surface area (Å²) in [7, 11) is 0. The predicted octanol–water partition coefficient (Wildman–Crippen LogP) is 4.31. The number of carbonyl (C=O) groups excluding carboxylic acids is 1. The van der Waals surface area contributed by atoms with Gasteiger partial charge in [0.2, 0.25) is 0 Å². The second-order valence-corrected chi connectivity index (χ2v) is 10.8. The number of halogens is 3. The molecule has 13 heteroatoms. The molecule has 0 saturated carbocycles. The van der Waals surface area contributed by atoms with E-state index in [-0.39, 0.29) is 35.8 Å². The van der Waals surface area contributed by atoms with Crippen LogP contribution in [0.4, 0.5) is 24.7 Å². The van der Waals surface area contributed by atoms with Gasteiger partial charge in [0.15, 0.2) is 11.9 Å². The lowest BCUT2D eigenvalue weighted by Gasteiger charge is -2.32. The van der Waals surface area contributed by atoms with Gasteiger partial charge >= 0.3 is 12.1 Å². The number of aromatic nitrogens is 3. The quantitative estimate of drug-likeness (QED) is 0.362. The monoisotopic (exact) mass is 560 g/mol. The number of hydrogen-bond donors (Lipinski definition) is 3. The summed E-state index contributed by atoms with van der Waals surface area (Å²) in [5, 5.41) is 17.7. The van der Waals surface area contributed by atoms with Gasteiger partial charge in [-0.15, -0.1) is 0 Å². The first-order valence-corrected chi connectivity index (χ1v) is 12.8. The third-order valence-corrected chi connectivity index (χ3v) is 6.64. The molecule has 1 aliphatic heterocycles. The van der Waals surface area contributed by atoms with Crippen LogP contribution < -0.4 is 16.6 Å². The molecule has 1 aromatic carbocycles. The Morgan fingerprint density at radius 3 is 2.55 bits per heavy atom. The van der Waals surface area contributed by atoms with Gasteiger partial charge in [0.1, 0.15) is 17.0 Å². The summed E-state index contributed by atoms with van der Waals surface area (Å²) < 4.78 is 51.5.